The van der Waals surface area contributed by atoms with E-state index in [4.69, 9.17) is 0 Å². The minimum atomic E-state index is -3.48. The van der Waals surface area contributed by atoms with E-state index in [1.54, 1.807) is 16.4 Å². The average Bonchev–Trinajstić information content (AvgIpc) is 2.92. The van der Waals surface area contributed by atoms with Gasteiger partial charge in [0.05, 0.1) is 11.3 Å². The minimum Gasteiger partial charge on any atom is -0.337 e. The predicted molar refractivity (Wildman–Crippen MR) is 151 cm³/mol. The fraction of sp³-hybridized carbons (Fsp3) is 0.516. The molecule has 7 heteroatoms. The van der Waals surface area contributed by atoms with Crippen molar-refractivity contribution in [2.45, 2.75) is 44.9 Å². The van der Waals surface area contributed by atoms with E-state index in [9.17, 15) is 13.2 Å². The van der Waals surface area contributed by atoms with E-state index >= 15 is 0 Å². The van der Waals surface area contributed by atoms with Gasteiger partial charge in [-0.3, -0.25) is 9.69 Å². The lowest BCUT2D eigenvalue weighted by atomic mass is 9.49. The van der Waals surface area contributed by atoms with Gasteiger partial charge in [0.25, 0.3) is 0 Å². The van der Waals surface area contributed by atoms with Crippen LogP contribution in [0.3, 0.4) is 0 Å². The summed E-state index contributed by atoms with van der Waals surface area (Å²) in [5.74, 6) is 1.51. The van der Waals surface area contributed by atoms with E-state index in [0.717, 1.165) is 30.0 Å². The number of hydrogen-bond acceptors (Lipinski definition) is 4. The van der Waals surface area contributed by atoms with Crippen molar-refractivity contribution in [2.75, 3.05) is 45.8 Å². The van der Waals surface area contributed by atoms with Gasteiger partial charge in [-0.05, 0) is 54.7 Å². The number of piperazine rings is 1. The van der Waals surface area contributed by atoms with Crippen molar-refractivity contribution in [3.8, 4) is 0 Å². The van der Waals surface area contributed by atoms with Crippen LogP contribution >= 0.6 is 0 Å². The number of carbonyl (C=O) groups is 1. The molecule has 4 aliphatic rings. The molecule has 1 saturated heterocycles. The second-order valence-electron chi connectivity index (χ2n) is 11.9. The first-order chi connectivity index (χ1) is 18.1. The molecule has 1 amide bonds. The molecule has 2 aromatic carbocycles. The topological polar surface area (TPSA) is 60.9 Å². The Morgan fingerprint density at radius 1 is 1.00 bits per heavy atom. The van der Waals surface area contributed by atoms with Crippen LogP contribution in [0.2, 0.25) is 0 Å². The largest absolute Gasteiger partial charge is 0.337 e. The summed E-state index contributed by atoms with van der Waals surface area (Å²) in [6.07, 6.45) is 5.17. The molecule has 1 saturated carbocycles. The summed E-state index contributed by atoms with van der Waals surface area (Å²) in [4.78, 5) is 18.2. The third-order valence-corrected chi connectivity index (χ3v) is 11.1. The van der Waals surface area contributed by atoms with Crippen LogP contribution in [0, 0.1) is 24.2 Å². The number of rotatable bonds is 9. The predicted octanol–water partition coefficient (Wildman–Crippen LogP) is 4.37. The van der Waals surface area contributed by atoms with E-state index in [0.29, 0.717) is 61.9 Å². The maximum absolute atomic E-state index is 13.5. The van der Waals surface area contributed by atoms with Gasteiger partial charge in [-0.25, -0.2) is 8.42 Å². The summed E-state index contributed by atoms with van der Waals surface area (Å²) in [7, 11) is -3.48. The van der Waals surface area contributed by atoms with Crippen molar-refractivity contribution in [3.05, 3.63) is 77.4 Å². The fourth-order valence-electron chi connectivity index (χ4n) is 6.37. The Hall–Kier alpha value is -2.48. The maximum atomic E-state index is 13.5. The zero-order valence-corrected chi connectivity index (χ0v) is 23.8. The van der Waals surface area contributed by atoms with Crippen LogP contribution < -0.4 is 0 Å². The number of nitrogens with zero attached hydrogens (tertiary/aromatic N) is 3. The highest BCUT2D eigenvalue weighted by atomic mass is 32.2. The number of aryl methyl sites for hydroxylation is 1. The lowest BCUT2D eigenvalue weighted by molar-refractivity contribution is -0.130. The van der Waals surface area contributed by atoms with E-state index in [-0.39, 0.29) is 5.91 Å². The molecule has 0 N–H and O–H groups in total. The Labute approximate surface area is 228 Å². The Balaban J connectivity index is 1.21. The highest BCUT2D eigenvalue weighted by Crippen LogP contribution is 2.59. The molecule has 2 aromatic rings. The number of carbonyl (C=O) groups excluding carboxylic acids is 1. The minimum absolute atomic E-state index is 0.164. The highest BCUT2D eigenvalue weighted by Gasteiger charge is 2.51. The molecule has 2 fully saturated rings. The molecule has 6 nitrogen and oxygen atoms in total. The molecule has 1 heterocycles. The van der Waals surface area contributed by atoms with E-state index in [2.05, 4.69) is 24.8 Å². The van der Waals surface area contributed by atoms with E-state index in [1.165, 1.54) is 12.0 Å². The van der Waals surface area contributed by atoms with Gasteiger partial charge >= 0.3 is 0 Å². The Morgan fingerprint density at radius 2 is 1.68 bits per heavy atom. The number of fused-ring (bicyclic) bond motifs is 1. The molecular formula is C31H41N3O3S. The van der Waals surface area contributed by atoms with Crippen LogP contribution in [0.4, 0.5) is 0 Å². The smallest absolute Gasteiger partial charge is 0.243 e. The molecule has 0 aromatic heterocycles. The molecule has 2 unspecified atom stereocenters. The fourth-order valence-corrected chi connectivity index (χ4v) is 7.79. The Bertz CT molecular complexity index is 1260. The monoisotopic (exact) mass is 535 g/mol. The van der Waals surface area contributed by atoms with Crippen LogP contribution in [0.15, 0.2) is 71.1 Å². The van der Waals surface area contributed by atoms with Crippen LogP contribution in [-0.4, -0.2) is 74.2 Å². The first-order valence-corrected chi connectivity index (χ1v) is 15.4. The lowest BCUT2D eigenvalue weighted by Crippen LogP contribution is -2.52. The molecule has 0 spiro atoms. The van der Waals surface area contributed by atoms with Crippen molar-refractivity contribution in [1.29, 1.82) is 0 Å². The first kappa shape index (κ1) is 27.1. The van der Waals surface area contributed by atoms with Gasteiger partial charge in [-0.2, -0.15) is 4.31 Å². The number of amides is 1. The third-order valence-electron chi connectivity index (χ3n) is 9.18. The van der Waals surface area contributed by atoms with Gasteiger partial charge in [0.1, 0.15) is 0 Å². The molecule has 2 atom stereocenters. The third kappa shape index (κ3) is 5.61. The lowest BCUT2D eigenvalue weighted by Gasteiger charge is -2.57. The number of hydrogen-bond donors (Lipinski definition) is 0. The quantitative estimate of drug-likeness (QED) is 0.448. The molecule has 204 valence electrons. The van der Waals surface area contributed by atoms with Crippen molar-refractivity contribution in [2.24, 2.45) is 17.3 Å². The highest BCUT2D eigenvalue weighted by molar-refractivity contribution is 7.89. The summed E-state index contributed by atoms with van der Waals surface area (Å²) in [6.45, 7) is 11.1. The second-order valence-corrected chi connectivity index (χ2v) is 13.8. The summed E-state index contributed by atoms with van der Waals surface area (Å²) >= 11 is 0. The van der Waals surface area contributed by atoms with Crippen molar-refractivity contribution in [1.82, 2.24) is 14.1 Å². The molecule has 6 rings (SSSR count). The SMILES string of the molecule is Cc1ccc(S(=O)(=O)N2CCN(CCN(CC3=CCC4CC3C4(C)C)C(=O)Cc3ccccc3)CC2)cc1. The molecule has 0 radical (unpaired) electrons. The van der Waals surface area contributed by atoms with Gasteiger partial charge in [0.15, 0.2) is 0 Å². The number of allylic oxidation sites excluding steroid dienone is 1. The van der Waals surface area contributed by atoms with Crippen molar-refractivity contribution in [3.63, 3.8) is 0 Å². The molecule has 1 aliphatic heterocycles. The molecule has 38 heavy (non-hydrogen) atoms. The summed E-state index contributed by atoms with van der Waals surface area (Å²) in [6, 6.07) is 17.1. The normalized spacial score (nSPS) is 23.4. The first-order valence-electron chi connectivity index (χ1n) is 13.9. The Kier molecular flexibility index (Phi) is 7.81. The van der Waals surface area contributed by atoms with E-state index in [1.807, 2.05) is 54.3 Å². The van der Waals surface area contributed by atoms with Crippen LogP contribution in [0.25, 0.3) is 0 Å². The van der Waals surface area contributed by atoms with Gasteiger partial charge in [-0.15, -0.1) is 0 Å². The molecule has 3 aliphatic carbocycles. The summed E-state index contributed by atoms with van der Waals surface area (Å²) < 4.78 is 27.8. The van der Waals surface area contributed by atoms with Crippen LogP contribution in [-0.2, 0) is 21.2 Å². The maximum Gasteiger partial charge on any atom is 0.243 e. The van der Waals surface area contributed by atoms with Crippen molar-refractivity contribution < 1.29 is 13.2 Å². The zero-order chi connectivity index (χ0) is 26.9. The average molecular weight is 536 g/mol. The molecule has 2 bridgehead atoms. The second kappa shape index (κ2) is 10.9. The van der Waals surface area contributed by atoms with Gasteiger partial charge in [0, 0.05) is 45.8 Å². The van der Waals surface area contributed by atoms with Crippen LogP contribution in [0.1, 0.15) is 37.8 Å². The number of sulfonamides is 1. The number of benzene rings is 2. The van der Waals surface area contributed by atoms with Gasteiger partial charge in [0.2, 0.25) is 15.9 Å². The van der Waals surface area contributed by atoms with Gasteiger partial charge in [-0.1, -0.05) is 73.5 Å². The zero-order valence-electron chi connectivity index (χ0n) is 23.0. The van der Waals surface area contributed by atoms with Crippen molar-refractivity contribution >= 4 is 15.9 Å². The summed E-state index contributed by atoms with van der Waals surface area (Å²) in [5.41, 5.74) is 3.84. The summed E-state index contributed by atoms with van der Waals surface area (Å²) in [5, 5.41) is 0. The molecular weight excluding hydrogens is 494 g/mol. The van der Waals surface area contributed by atoms with E-state index < -0.39 is 10.0 Å². The Morgan fingerprint density at radius 3 is 2.32 bits per heavy atom. The van der Waals surface area contributed by atoms with Gasteiger partial charge < -0.3 is 4.90 Å². The van der Waals surface area contributed by atoms with Crippen LogP contribution in [0.5, 0.6) is 0 Å². The standard InChI is InChI=1S/C31H41N3O3S/c1-24-9-13-28(14-10-24)38(36,37)34-19-16-32(17-20-34)15-18-33(30(35)21-25-7-5-4-6-8-25)23-26-11-12-27-22-29(26)31(27,2)3/h4-11,13-14,27,29H,12,15-23H2,1-3H3.